The number of fused-ring (bicyclic) bond motifs is 1. The second kappa shape index (κ2) is 16.9. The molecule has 0 atom stereocenters. The molecule has 0 radical (unpaired) electrons. The smallest absolute Gasteiger partial charge is 0.243 e. The molecule has 2 N–H and O–H groups in total. The van der Waals surface area contributed by atoms with E-state index in [1.54, 1.807) is 35.3 Å². The van der Waals surface area contributed by atoms with Crippen LogP contribution in [0.3, 0.4) is 0 Å². The van der Waals surface area contributed by atoms with E-state index in [1.807, 2.05) is 23.1 Å². The molecule has 1 aliphatic rings. The van der Waals surface area contributed by atoms with Crippen LogP contribution in [0.25, 0.3) is 0 Å². The molecule has 0 fully saturated rings. The topological polar surface area (TPSA) is 156 Å². The van der Waals surface area contributed by atoms with Gasteiger partial charge in [0.15, 0.2) is 19.7 Å². The van der Waals surface area contributed by atoms with E-state index in [2.05, 4.69) is 20.6 Å². The maximum atomic E-state index is 12.5. The second-order valence-corrected chi connectivity index (χ2v) is 17.6. The number of aryl methyl sites for hydroxylation is 1. The maximum absolute atomic E-state index is 12.5. The number of nitrogens with one attached hydrogen (secondary N) is 2. The van der Waals surface area contributed by atoms with Crippen LogP contribution in [0.5, 0.6) is 0 Å². The first-order valence-corrected chi connectivity index (χ1v) is 21.0. The molecule has 1 aliphatic heterocycles. The van der Waals surface area contributed by atoms with Crippen molar-refractivity contribution in [3.63, 3.8) is 0 Å². The molecule has 17 heteroatoms. The molecule has 0 saturated carbocycles. The zero-order valence-electron chi connectivity index (χ0n) is 26.3. The molecular weight excluding hydrogens is 762 g/mol. The van der Waals surface area contributed by atoms with E-state index < -0.39 is 19.7 Å². The Morgan fingerprint density at radius 1 is 0.760 bits per heavy atom. The molecule has 3 heterocycles. The largest absolute Gasteiger partial charge is 0.362 e. The minimum atomic E-state index is -3.47. The Bertz CT molecular complexity index is 2130. The molecule has 11 nitrogen and oxygen atoms in total. The van der Waals surface area contributed by atoms with Crippen LogP contribution < -0.4 is 15.5 Å². The van der Waals surface area contributed by atoms with Crippen LogP contribution in [0.4, 0.5) is 17.1 Å². The van der Waals surface area contributed by atoms with Crippen molar-refractivity contribution in [2.75, 3.05) is 34.5 Å². The summed E-state index contributed by atoms with van der Waals surface area (Å²) in [4.78, 5) is 34.1. The average Bonchev–Trinajstić information content (AvgIpc) is 3.80. The van der Waals surface area contributed by atoms with Crippen molar-refractivity contribution in [3.05, 3.63) is 110 Å². The fraction of sp³-hybridized carbons (Fsp3) is 0.212. The number of nitrogens with zero attached hydrogens (tertiary/aromatic N) is 3. The van der Waals surface area contributed by atoms with Crippen LogP contribution in [0.2, 0.25) is 5.02 Å². The van der Waals surface area contributed by atoms with Gasteiger partial charge in [-0.05, 0) is 85.1 Å². The number of benzene rings is 3. The molecular formula is C33H31Cl2N5O6S4. The molecule has 0 saturated heterocycles. The number of carbonyl (C=O) groups is 2. The number of hydrogen-bond acceptors (Lipinski definition) is 11. The lowest BCUT2D eigenvalue weighted by atomic mass is 10.0. The van der Waals surface area contributed by atoms with Crippen molar-refractivity contribution in [3.8, 4) is 0 Å². The van der Waals surface area contributed by atoms with Gasteiger partial charge in [0.2, 0.25) is 11.8 Å². The van der Waals surface area contributed by atoms with Gasteiger partial charge in [-0.2, -0.15) is 0 Å². The number of alkyl halides is 1. The van der Waals surface area contributed by atoms with Crippen LogP contribution in [0.1, 0.15) is 22.0 Å². The summed E-state index contributed by atoms with van der Waals surface area (Å²) >= 11 is 14.1. The number of carbonyl (C=O) groups excluding carboxylic acids is 2. The van der Waals surface area contributed by atoms with Gasteiger partial charge in [0.25, 0.3) is 0 Å². The molecule has 50 heavy (non-hydrogen) atoms. The van der Waals surface area contributed by atoms with Crippen molar-refractivity contribution in [2.24, 2.45) is 0 Å². The monoisotopic (exact) mass is 791 g/mol. The third-order valence-corrected chi connectivity index (χ3v) is 13.0. The zero-order chi connectivity index (χ0) is 35.7. The first-order valence-electron chi connectivity index (χ1n) is 15.0. The summed E-state index contributed by atoms with van der Waals surface area (Å²) in [6, 6.07) is 17.9. The van der Waals surface area contributed by atoms with Crippen molar-refractivity contribution >= 4 is 94.4 Å². The molecule has 0 bridgehead atoms. The quantitative estimate of drug-likeness (QED) is 0.144. The number of anilines is 3. The van der Waals surface area contributed by atoms with E-state index in [9.17, 15) is 26.4 Å². The van der Waals surface area contributed by atoms with E-state index >= 15 is 0 Å². The summed E-state index contributed by atoms with van der Waals surface area (Å²) < 4.78 is 49.3. The van der Waals surface area contributed by atoms with E-state index in [4.69, 9.17) is 23.2 Å². The second-order valence-electron chi connectivity index (χ2n) is 10.9. The highest BCUT2D eigenvalue weighted by Gasteiger charge is 2.21. The van der Waals surface area contributed by atoms with Crippen LogP contribution in [-0.2, 0) is 47.2 Å². The molecule has 2 aromatic heterocycles. The van der Waals surface area contributed by atoms with Gasteiger partial charge in [0, 0.05) is 51.8 Å². The van der Waals surface area contributed by atoms with Crippen LogP contribution >= 0.6 is 45.9 Å². The van der Waals surface area contributed by atoms with Crippen LogP contribution in [0, 0.1) is 0 Å². The Morgan fingerprint density at radius 2 is 1.28 bits per heavy atom. The molecule has 3 aromatic carbocycles. The average molecular weight is 793 g/mol. The number of rotatable bonds is 11. The van der Waals surface area contributed by atoms with Gasteiger partial charge in [0.05, 0.1) is 16.3 Å². The number of aromatic nitrogens is 2. The highest BCUT2D eigenvalue weighted by Crippen LogP contribution is 2.29. The number of hydrogen-bond donors (Lipinski definition) is 2. The van der Waals surface area contributed by atoms with Gasteiger partial charge in [-0.15, -0.1) is 34.3 Å². The van der Waals surface area contributed by atoms with Crippen molar-refractivity contribution in [1.29, 1.82) is 0 Å². The zero-order valence-corrected chi connectivity index (χ0v) is 31.1. The highest BCUT2D eigenvalue weighted by atomic mass is 35.5. The van der Waals surface area contributed by atoms with E-state index in [-0.39, 0.29) is 45.5 Å². The Kier molecular flexibility index (Phi) is 12.6. The standard InChI is InChI=1S/C21H20ClN3O3S2.C12H11ClN2O3S2/c22-16-3-8-19-15(12-16)2-1-10-25(19)13-20(26)24-17-4-6-18(7-5-17)30(27,28)14-21-23-9-11-29-21;13-7-11(16)15-9-1-3-10(4-2-9)20(17,18)8-12-14-5-6-19-12/h3-9,11-12H,1-2,10,13-14H2,(H,24,26);1-6H,7-8H2,(H,15,16). The summed E-state index contributed by atoms with van der Waals surface area (Å²) in [7, 11) is -6.90. The van der Waals surface area contributed by atoms with Crippen molar-refractivity contribution < 1.29 is 26.4 Å². The molecule has 0 unspecified atom stereocenters. The lowest BCUT2D eigenvalue weighted by Crippen LogP contribution is -2.36. The molecule has 2 amide bonds. The van der Waals surface area contributed by atoms with E-state index in [1.165, 1.54) is 59.1 Å². The van der Waals surface area contributed by atoms with Gasteiger partial charge in [0.1, 0.15) is 27.4 Å². The Balaban J connectivity index is 0.000000211. The van der Waals surface area contributed by atoms with E-state index in [0.29, 0.717) is 26.4 Å². The van der Waals surface area contributed by atoms with Gasteiger partial charge in [-0.25, -0.2) is 26.8 Å². The summed E-state index contributed by atoms with van der Waals surface area (Å²) in [5.74, 6) is -0.905. The predicted molar refractivity (Wildman–Crippen MR) is 199 cm³/mol. The van der Waals surface area contributed by atoms with Crippen LogP contribution in [0.15, 0.2) is 99.7 Å². The summed E-state index contributed by atoms with van der Waals surface area (Å²) in [6.45, 7) is 1.02. The van der Waals surface area contributed by atoms with Gasteiger partial charge >= 0.3 is 0 Å². The Morgan fingerprint density at radius 3 is 1.76 bits per heavy atom. The molecule has 0 aliphatic carbocycles. The summed E-state index contributed by atoms with van der Waals surface area (Å²) in [5, 5.41) is 10.7. The maximum Gasteiger partial charge on any atom is 0.243 e. The number of thiazole rings is 2. The first-order chi connectivity index (χ1) is 23.9. The normalized spacial score (nSPS) is 12.7. The first kappa shape index (κ1) is 37.4. The van der Waals surface area contributed by atoms with Gasteiger partial charge < -0.3 is 15.5 Å². The molecule has 6 rings (SSSR count). The fourth-order valence-corrected chi connectivity index (χ4v) is 9.78. The summed E-state index contributed by atoms with van der Waals surface area (Å²) in [6.07, 6.45) is 5.07. The lowest BCUT2D eigenvalue weighted by Gasteiger charge is -2.30. The molecule has 5 aromatic rings. The SMILES string of the molecule is O=C(CCl)Nc1ccc(S(=O)(=O)Cc2nccs2)cc1.O=C(CN1CCCc2cc(Cl)ccc21)Nc1ccc(S(=O)(=O)Cc2nccs2)cc1. The van der Waals surface area contributed by atoms with Crippen LogP contribution in [-0.4, -0.2) is 57.6 Å². The highest BCUT2D eigenvalue weighted by molar-refractivity contribution is 7.91. The molecule has 262 valence electrons. The Hall–Kier alpha value is -3.86. The Labute approximate surface area is 308 Å². The minimum absolute atomic E-state index is 0.127. The van der Waals surface area contributed by atoms with Gasteiger partial charge in [-0.1, -0.05) is 11.6 Å². The number of halogens is 2. The van der Waals surface area contributed by atoms with E-state index in [0.717, 1.165) is 30.6 Å². The lowest BCUT2D eigenvalue weighted by molar-refractivity contribution is -0.115. The number of sulfone groups is 2. The van der Waals surface area contributed by atoms with Gasteiger partial charge in [-0.3, -0.25) is 9.59 Å². The summed E-state index contributed by atoms with van der Waals surface area (Å²) in [5.41, 5.74) is 3.24. The van der Waals surface area contributed by atoms with Crippen molar-refractivity contribution in [2.45, 2.75) is 34.1 Å². The minimum Gasteiger partial charge on any atom is -0.362 e. The van der Waals surface area contributed by atoms with Crippen molar-refractivity contribution in [1.82, 2.24) is 9.97 Å². The fourth-order valence-electron chi connectivity index (χ4n) is 5.01. The third-order valence-electron chi connectivity index (χ3n) is 7.30. The molecule has 0 spiro atoms. The number of amides is 2. The third kappa shape index (κ3) is 10.3. The predicted octanol–water partition coefficient (Wildman–Crippen LogP) is 6.46.